The molecule has 102 valence electrons. The Morgan fingerprint density at radius 1 is 1.42 bits per heavy atom. The lowest BCUT2D eigenvalue weighted by atomic mass is 10.1. The van der Waals surface area contributed by atoms with Gasteiger partial charge in [0.25, 0.3) is 0 Å². The van der Waals surface area contributed by atoms with Crippen molar-refractivity contribution in [3.63, 3.8) is 0 Å². The van der Waals surface area contributed by atoms with Crippen LogP contribution >= 0.6 is 27.5 Å². The highest BCUT2D eigenvalue weighted by atomic mass is 79.9. The second-order valence-electron chi connectivity index (χ2n) is 4.29. The van der Waals surface area contributed by atoms with Gasteiger partial charge < -0.3 is 5.32 Å². The van der Waals surface area contributed by atoms with Gasteiger partial charge in [-0.25, -0.2) is 0 Å². The lowest BCUT2D eigenvalue weighted by molar-refractivity contribution is 0.544. The lowest BCUT2D eigenvalue weighted by Crippen LogP contribution is -2.26. The molecule has 2 aromatic rings. The number of nitrogens with zero attached hydrogens (tertiary/aromatic N) is 3. The predicted octanol–water partition coefficient (Wildman–Crippen LogP) is 3.32. The summed E-state index contributed by atoms with van der Waals surface area (Å²) in [6.45, 7) is 3.02. The largest absolute Gasteiger partial charge is 0.304 e. The van der Waals surface area contributed by atoms with Gasteiger partial charge in [-0.3, -0.25) is 9.67 Å². The summed E-state index contributed by atoms with van der Waals surface area (Å²) in [5.74, 6) is 0. The van der Waals surface area contributed by atoms with E-state index >= 15 is 0 Å². The second kappa shape index (κ2) is 6.50. The highest BCUT2D eigenvalue weighted by Gasteiger charge is 2.21. The number of rotatable bonds is 5. The molecule has 0 aromatic carbocycles. The standard InChI is InChI=1S/C13H16BrClN4/c1-3-6-16-12(11-5-4-9(14)7-17-11)13-10(15)8-18-19(13)2/h4-5,7-8,12,16H,3,6H2,1-2H3. The third kappa shape index (κ3) is 3.35. The van der Waals surface area contributed by atoms with Gasteiger partial charge in [-0.05, 0) is 41.0 Å². The summed E-state index contributed by atoms with van der Waals surface area (Å²) in [5, 5.41) is 8.32. The Kier molecular flexibility index (Phi) is 4.96. The van der Waals surface area contributed by atoms with Crippen LogP contribution in [-0.4, -0.2) is 21.3 Å². The topological polar surface area (TPSA) is 42.7 Å². The fraction of sp³-hybridized carbons (Fsp3) is 0.385. The van der Waals surface area contributed by atoms with E-state index in [1.807, 2.05) is 19.2 Å². The van der Waals surface area contributed by atoms with Gasteiger partial charge >= 0.3 is 0 Å². The zero-order valence-corrected chi connectivity index (χ0v) is 13.2. The van der Waals surface area contributed by atoms with Crippen molar-refractivity contribution in [3.05, 3.63) is 45.4 Å². The summed E-state index contributed by atoms with van der Waals surface area (Å²) in [4.78, 5) is 4.46. The summed E-state index contributed by atoms with van der Waals surface area (Å²) in [6, 6.07) is 3.92. The number of hydrogen-bond donors (Lipinski definition) is 1. The van der Waals surface area contributed by atoms with Crippen molar-refractivity contribution in [2.45, 2.75) is 19.4 Å². The minimum atomic E-state index is -0.0481. The fourth-order valence-corrected chi connectivity index (χ4v) is 2.44. The normalized spacial score (nSPS) is 12.6. The van der Waals surface area contributed by atoms with Crippen molar-refractivity contribution < 1.29 is 0 Å². The van der Waals surface area contributed by atoms with Crippen LogP contribution in [0.5, 0.6) is 0 Å². The molecular formula is C13H16BrClN4. The summed E-state index contributed by atoms with van der Waals surface area (Å²) in [6.07, 6.45) is 4.50. The minimum absolute atomic E-state index is 0.0481. The number of nitrogens with one attached hydrogen (secondary N) is 1. The van der Waals surface area contributed by atoms with Gasteiger partial charge in [-0.15, -0.1) is 0 Å². The second-order valence-corrected chi connectivity index (χ2v) is 5.61. The number of aryl methyl sites for hydroxylation is 1. The van der Waals surface area contributed by atoms with E-state index < -0.39 is 0 Å². The van der Waals surface area contributed by atoms with Crippen molar-refractivity contribution in [2.75, 3.05) is 6.54 Å². The van der Waals surface area contributed by atoms with Crippen LogP contribution in [0.25, 0.3) is 0 Å². The third-order valence-corrected chi connectivity index (χ3v) is 3.62. The first-order valence-corrected chi connectivity index (χ1v) is 7.32. The minimum Gasteiger partial charge on any atom is -0.304 e. The molecule has 0 radical (unpaired) electrons. The van der Waals surface area contributed by atoms with Crippen molar-refractivity contribution in [2.24, 2.45) is 7.05 Å². The van der Waals surface area contributed by atoms with E-state index in [9.17, 15) is 0 Å². The molecule has 2 heterocycles. The average Bonchev–Trinajstić information content (AvgIpc) is 2.73. The Morgan fingerprint density at radius 3 is 2.74 bits per heavy atom. The predicted molar refractivity (Wildman–Crippen MR) is 80.3 cm³/mol. The molecule has 19 heavy (non-hydrogen) atoms. The summed E-state index contributed by atoms with van der Waals surface area (Å²) in [5.41, 5.74) is 1.87. The maximum atomic E-state index is 6.24. The van der Waals surface area contributed by atoms with Crippen LogP contribution in [0.1, 0.15) is 30.8 Å². The van der Waals surface area contributed by atoms with Gasteiger partial charge in [0.2, 0.25) is 0 Å². The van der Waals surface area contributed by atoms with Crippen molar-refractivity contribution in [3.8, 4) is 0 Å². The van der Waals surface area contributed by atoms with E-state index in [2.05, 4.69) is 38.3 Å². The molecule has 0 saturated heterocycles. The molecule has 1 atom stereocenters. The zero-order chi connectivity index (χ0) is 13.8. The van der Waals surface area contributed by atoms with Gasteiger partial charge in [-0.1, -0.05) is 18.5 Å². The molecule has 4 nitrogen and oxygen atoms in total. The molecular weight excluding hydrogens is 328 g/mol. The first kappa shape index (κ1) is 14.5. The summed E-state index contributed by atoms with van der Waals surface area (Å²) < 4.78 is 2.75. The number of halogens is 2. The van der Waals surface area contributed by atoms with E-state index in [0.29, 0.717) is 5.02 Å². The van der Waals surface area contributed by atoms with Gasteiger partial charge in [0.1, 0.15) is 0 Å². The number of aromatic nitrogens is 3. The van der Waals surface area contributed by atoms with Gasteiger partial charge in [0, 0.05) is 17.7 Å². The van der Waals surface area contributed by atoms with Crippen LogP contribution < -0.4 is 5.32 Å². The monoisotopic (exact) mass is 342 g/mol. The van der Waals surface area contributed by atoms with Crippen LogP contribution in [0.3, 0.4) is 0 Å². The van der Waals surface area contributed by atoms with E-state index in [-0.39, 0.29) is 6.04 Å². The van der Waals surface area contributed by atoms with Gasteiger partial charge in [-0.2, -0.15) is 5.10 Å². The number of pyridine rings is 1. The first-order valence-electron chi connectivity index (χ1n) is 6.15. The Labute approximate surface area is 126 Å². The van der Waals surface area contributed by atoms with Crippen LogP contribution in [0, 0.1) is 0 Å². The maximum absolute atomic E-state index is 6.24. The van der Waals surface area contributed by atoms with Crippen molar-refractivity contribution in [1.29, 1.82) is 0 Å². The average molecular weight is 344 g/mol. The molecule has 0 fully saturated rings. The van der Waals surface area contributed by atoms with E-state index in [1.165, 1.54) is 0 Å². The molecule has 6 heteroatoms. The van der Waals surface area contributed by atoms with Gasteiger partial charge in [0.05, 0.1) is 28.6 Å². The van der Waals surface area contributed by atoms with Crippen LogP contribution in [0.15, 0.2) is 29.0 Å². The number of hydrogen-bond acceptors (Lipinski definition) is 3. The quantitative estimate of drug-likeness (QED) is 0.905. The molecule has 0 amide bonds. The van der Waals surface area contributed by atoms with Crippen LogP contribution in [-0.2, 0) is 7.05 Å². The zero-order valence-electron chi connectivity index (χ0n) is 10.9. The van der Waals surface area contributed by atoms with E-state index in [0.717, 1.165) is 28.8 Å². The highest BCUT2D eigenvalue weighted by molar-refractivity contribution is 9.10. The molecule has 2 aromatic heterocycles. The fourth-order valence-electron chi connectivity index (χ4n) is 1.93. The lowest BCUT2D eigenvalue weighted by Gasteiger charge is -2.19. The molecule has 0 aliphatic heterocycles. The molecule has 0 saturated carbocycles. The molecule has 0 spiro atoms. The van der Waals surface area contributed by atoms with E-state index in [1.54, 1.807) is 17.1 Å². The van der Waals surface area contributed by atoms with Gasteiger partial charge in [0.15, 0.2) is 0 Å². The maximum Gasteiger partial charge on any atom is 0.0937 e. The smallest absolute Gasteiger partial charge is 0.0937 e. The molecule has 1 unspecified atom stereocenters. The molecule has 0 bridgehead atoms. The Hall–Kier alpha value is -0.910. The van der Waals surface area contributed by atoms with Crippen molar-refractivity contribution >= 4 is 27.5 Å². The molecule has 0 aliphatic carbocycles. The summed E-state index contributed by atoms with van der Waals surface area (Å²) in [7, 11) is 1.89. The highest BCUT2D eigenvalue weighted by Crippen LogP contribution is 2.27. The molecule has 0 aliphatic rings. The van der Waals surface area contributed by atoms with Crippen molar-refractivity contribution in [1.82, 2.24) is 20.1 Å². The molecule has 1 N–H and O–H groups in total. The molecule has 2 rings (SSSR count). The first-order chi connectivity index (χ1) is 9.13. The Bertz CT molecular complexity index is 519. The Balaban J connectivity index is 2.38. The Morgan fingerprint density at radius 2 is 2.21 bits per heavy atom. The summed E-state index contributed by atoms with van der Waals surface area (Å²) >= 11 is 9.64. The SMILES string of the molecule is CCCNC(c1ccc(Br)cn1)c1c(Cl)cnn1C. The third-order valence-electron chi connectivity index (χ3n) is 2.86. The van der Waals surface area contributed by atoms with Crippen LogP contribution in [0.2, 0.25) is 5.02 Å². The van der Waals surface area contributed by atoms with Crippen LogP contribution in [0.4, 0.5) is 0 Å². The van der Waals surface area contributed by atoms with E-state index in [4.69, 9.17) is 11.6 Å².